The predicted molar refractivity (Wildman–Crippen MR) is 82.7 cm³/mol. The van der Waals surface area contributed by atoms with E-state index in [1.807, 2.05) is 0 Å². The van der Waals surface area contributed by atoms with Gasteiger partial charge in [-0.3, -0.25) is 0 Å². The molecule has 0 heterocycles. The Morgan fingerprint density at radius 1 is 0.895 bits per heavy atom. The third kappa shape index (κ3) is 3.36. The fraction of sp³-hybridized carbons (Fsp3) is 0.294. The molecular weight excluding hydrogens is 232 g/mol. The molecule has 2 aromatic rings. The number of hydrogen-bond donors (Lipinski definition) is 1. The van der Waals surface area contributed by atoms with E-state index in [1.165, 1.54) is 16.8 Å². The number of benzene rings is 2. The molecular formula is C17H22N2. The molecule has 2 nitrogen and oxygen atoms in total. The molecule has 1 atom stereocenters. The van der Waals surface area contributed by atoms with E-state index in [1.54, 1.807) is 0 Å². The van der Waals surface area contributed by atoms with Crippen LogP contribution in [0.25, 0.3) is 0 Å². The van der Waals surface area contributed by atoms with E-state index in [0.717, 1.165) is 6.54 Å². The number of anilines is 1. The fourth-order valence-corrected chi connectivity index (χ4v) is 2.24. The van der Waals surface area contributed by atoms with Crippen molar-refractivity contribution in [1.29, 1.82) is 0 Å². The van der Waals surface area contributed by atoms with Crippen LogP contribution in [-0.4, -0.2) is 20.6 Å². The lowest BCUT2D eigenvalue weighted by Crippen LogP contribution is -2.22. The van der Waals surface area contributed by atoms with Crippen molar-refractivity contribution in [1.82, 2.24) is 5.32 Å². The van der Waals surface area contributed by atoms with Crippen LogP contribution in [0.4, 0.5) is 5.69 Å². The molecule has 0 fully saturated rings. The average Bonchev–Trinajstić information content (AvgIpc) is 2.46. The highest BCUT2D eigenvalue weighted by atomic mass is 15.1. The molecule has 0 spiro atoms. The van der Waals surface area contributed by atoms with Crippen LogP contribution in [0.1, 0.15) is 24.1 Å². The van der Waals surface area contributed by atoms with Crippen molar-refractivity contribution in [2.24, 2.45) is 0 Å². The highest BCUT2D eigenvalue weighted by Crippen LogP contribution is 2.23. The van der Waals surface area contributed by atoms with Crippen LogP contribution in [0.5, 0.6) is 0 Å². The molecule has 1 N–H and O–H groups in total. The van der Waals surface area contributed by atoms with Gasteiger partial charge in [0.2, 0.25) is 0 Å². The van der Waals surface area contributed by atoms with E-state index in [0.29, 0.717) is 0 Å². The van der Waals surface area contributed by atoms with Gasteiger partial charge in [-0.1, -0.05) is 49.4 Å². The predicted octanol–water partition coefficient (Wildman–Crippen LogP) is 3.45. The van der Waals surface area contributed by atoms with Gasteiger partial charge in [0, 0.05) is 19.8 Å². The summed E-state index contributed by atoms with van der Waals surface area (Å²) in [5.41, 5.74) is 3.84. The van der Waals surface area contributed by atoms with Crippen molar-refractivity contribution in [2.45, 2.75) is 13.0 Å². The van der Waals surface area contributed by atoms with E-state index < -0.39 is 0 Å². The van der Waals surface area contributed by atoms with Gasteiger partial charge in [0.15, 0.2) is 0 Å². The van der Waals surface area contributed by atoms with E-state index >= 15 is 0 Å². The maximum absolute atomic E-state index is 3.55. The van der Waals surface area contributed by atoms with Crippen molar-refractivity contribution in [3.63, 3.8) is 0 Å². The minimum atomic E-state index is 0.266. The fourth-order valence-electron chi connectivity index (χ4n) is 2.24. The van der Waals surface area contributed by atoms with Gasteiger partial charge in [-0.05, 0) is 29.8 Å². The molecule has 1 unspecified atom stereocenters. The lowest BCUT2D eigenvalue weighted by atomic mass is 9.98. The standard InChI is InChI=1S/C17H22N2/c1-4-18-17(14-8-6-5-7-9-14)15-10-12-16(13-11-15)19(2)3/h5-13,17-18H,4H2,1-3H3. The van der Waals surface area contributed by atoms with Crippen molar-refractivity contribution in [3.05, 3.63) is 65.7 Å². The monoisotopic (exact) mass is 254 g/mol. The maximum atomic E-state index is 3.55. The molecule has 2 rings (SSSR count). The minimum Gasteiger partial charge on any atom is -0.378 e. The summed E-state index contributed by atoms with van der Waals surface area (Å²) in [4.78, 5) is 2.12. The Bertz CT molecular complexity index is 488. The zero-order valence-electron chi connectivity index (χ0n) is 11.9. The molecule has 0 amide bonds. The third-order valence-electron chi connectivity index (χ3n) is 3.28. The van der Waals surface area contributed by atoms with Crippen molar-refractivity contribution in [2.75, 3.05) is 25.5 Å². The van der Waals surface area contributed by atoms with Gasteiger partial charge in [-0.15, -0.1) is 0 Å². The Kier molecular flexibility index (Phi) is 4.58. The first kappa shape index (κ1) is 13.6. The second-order valence-corrected chi connectivity index (χ2v) is 4.89. The molecule has 2 heteroatoms. The number of rotatable bonds is 5. The second kappa shape index (κ2) is 6.39. The highest BCUT2D eigenvalue weighted by molar-refractivity contribution is 5.47. The average molecular weight is 254 g/mol. The zero-order chi connectivity index (χ0) is 13.7. The summed E-state index contributed by atoms with van der Waals surface area (Å²) < 4.78 is 0. The summed E-state index contributed by atoms with van der Waals surface area (Å²) in [6.45, 7) is 3.10. The molecule has 0 aromatic heterocycles. The van der Waals surface area contributed by atoms with E-state index in [2.05, 4.69) is 85.8 Å². The quantitative estimate of drug-likeness (QED) is 0.879. The number of nitrogens with zero attached hydrogens (tertiary/aromatic N) is 1. The Balaban J connectivity index is 2.29. The normalized spacial score (nSPS) is 12.2. The van der Waals surface area contributed by atoms with E-state index in [-0.39, 0.29) is 6.04 Å². The van der Waals surface area contributed by atoms with Crippen molar-refractivity contribution >= 4 is 5.69 Å². The summed E-state index contributed by atoms with van der Waals surface area (Å²) in [6, 6.07) is 19.6. The van der Waals surface area contributed by atoms with E-state index in [4.69, 9.17) is 0 Å². The molecule has 0 saturated carbocycles. The van der Waals surface area contributed by atoms with Gasteiger partial charge in [0.05, 0.1) is 6.04 Å². The maximum Gasteiger partial charge on any atom is 0.0576 e. The van der Waals surface area contributed by atoms with Crippen LogP contribution in [-0.2, 0) is 0 Å². The molecule has 19 heavy (non-hydrogen) atoms. The largest absolute Gasteiger partial charge is 0.378 e. The topological polar surface area (TPSA) is 15.3 Å². The molecule has 0 bridgehead atoms. The first-order valence-corrected chi connectivity index (χ1v) is 6.78. The van der Waals surface area contributed by atoms with Gasteiger partial charge >= 0.3 is 0 Å². The molecule has 2 aromatic carbocycles. The van der Waals surface area contributed by atoms with Crippen LogP contribution in [0.3, 0.4) is 0 Å². The van der Waals surface area contributed by atoms with Crippen LogP contribution in [0.2, 0.25) is 0 Å². The smallest absolute Gasteiger partial charge is 0.0576 e. The van der Waals surface area contributed by atoms with Crippen LogP contribution >= 0.6 is 0 Å². The van der Waals surface area contributed by atoms with Crippen LogP contribution in [0.15, 0.2) is 54.6 Å². The van der Waals surface area contributed by atoms with Crippen LogP contribution < -0.4 is 10.2 Å². The van der Waals surface area contributed by atoms with Gasteiger partial charge < -0.3 is 10.2 Å². The minimum absolute atomic E-state index is 0.266. The van der Waals surface area contributed by atoms with E-state index in [9.17, 15) is 0 Å². The Labute approximate surface area is 116 Å². The molecule has 100 valence electrons. The lowest BCUT2D eigenvalue weighted by molar-refractivity contribution is 0.631. The van der Waals surface area contributed by atoms with Crippen molar-refractivity contribution < 1.29 is 0 Å². The van der Waals surface area contributed by atoms with Crippen LogP contribution in [0, 0.1) is 0 Å². The SMILES string of the molecule is CCNC(c1ccccc1)c1ccc(N(C)C)cc1. The van der Waals surface area contributed by atoms with Gasteiger partial charge in [-0.25, -0.2) is 0 Å². The highest BCUT2D eigenvalue weighted by Gasteiger charge is 2.12. The summed E-state index contributed by atoms with van der Waals surface area (Å²) in [6.07, 6.45) is 0. The Morgan fingerprint density at radius 2 is 1.47 bits per heavy atom. The zero-order valence-corrected chi connectivity index (χ0v) is 11.9. The van der Waals surface area contributed by atoms with Gasteiger partial charge in [0.1, 0.15) is 0 Å². The molecule has 0 aliphatic carbocycles. The Hall–Kier alpha value is -1.80. The van der Waals surface area contributed by atoms with Gasteiger partial charge in [0.25, 0.3) is 0 Å². The first-order valence-electron chi connectivity index (χ1n) is 6.78. The number of nitrogens with one attached hydrogen (secondary N) is 1. The molecule has 0 radical (unpaired) electrons. The first-order chi connectivity index (χ1) is 9.22. The van der Waals surface area contributed by atoms with Crippen molar-refractivity contribution in [3.8, 4) is 0 Å². The summed E-state index contributed by atoms with van der Waals surface area (Å²) in [7, 11) is 4.13. The second-order valence-electron chi connectivity index (χ2n) is 4.89. The molecule has 0 saturated heterocycles. The number of hydrogen-bond acceptors (Lipinski definition) is 2. The summed E-state index contributed by atoms with van der Waals surface area (Å²) in [5, 5.41) is 3.55. The Morgan fingerprint density at radius 3 is 2.00 bits per heavy atom. The third-order valence-corrected chi connectivity index (χ3v) is 3.28. The molecule has 0 aliphatic heterocycles. The molecule has 0 aliphatic rings. The summed E-state index contributed by atoms with van der Waals surface area (Å²) in [5.74, 6) is 0. The summed E-state index contributed by atoms with van der Waals surface area (Å²) >= 11 is 0. The lowest BCUT2D eigenvalue weighted by Gasteiger charge is -2.20. The van der Waals surface area contributed by atoms with Gasteiger partial charge in [-0.2, -0.15) is 0 Å².